The summed E-state index contributed by atoms with van der Waals surface area (Å²) < 4.78 is 28.2. The zero-order chi connectivity index (χ0) is 21.8. The minimum atomic E-state index is -3.82. The van der Waals surface area contributed by atoms with Gasteiger partial charge in [0, 0.05) is 5.56 Å². The van der Waals surface area contributed by atoms with Crippen molar-refractivity contribution >= 4 is 21.6 Å². The number of amides is 1. The van der Waals surface area contributed by atoms with Crippen molar-refractivity contribution in [3.05, 3.63) is 95.6 Å². The van der Waals surface area contributed by atoms with Gasteiger partial charge in [0.2, 0.25) is 10.0 Å². The van der Waals surface area contributed by atoms with Crippen LogP contribution in [0.25, 0.3) is 0 Å². The molecule has 7 heteroatoms. The van der Waals surface area contributed by atoms with E-state index in [1.807, 2.05) is 25.1 Å². The summed E-state index contributed by atoms with van der Waals surface area (Å²) in [4.78, 5) is 15.0. The Bertz CT molecular complexity index is 1310. The minimum absolute atomic E-state index is 0.183. The Hall–Kier alpha value is -3.47. The van der Waals surface area contributed by atoms with E-state index in [9.17, 15) is 18.5 Å². The third-order valence-corrected chi connectivity index (χ3v) is 7.78. The van der Waals surface area contributed by atoms with Crippen LogP contribution in [0.5, 0.6) is 0 Å². The maximum Gasteiger partial charge on any atom is 0.259 e. The van der Waals surface area contributed by atoms with Crippen molar-refractivity contribution in [1.82, 2.24) is 4.31 Å². The molecule has 4 atom stereocenters. The zero-order valence-corrected chi connectivity index (χ0v) is 17.5. The predicted molar refractivity (Wildman–Crippen MR) is 116 cm³/mol. The Labute approximate surface area is 181 Å². The first-order chi connectivity index (χ1) is 14.9. The molecule has 0 saturated carbocycles. The second-order valence-electron chi connectivity index (χ2n) is 7.76. The fourth-order valence-electron chi connectivity index (χ4n) is 4.35. The van der Waals surface area contributed by atoms with Gasteiger partial charge in [-0.05, 0) is 42.8 Å². The molecule has 1 fully saturated rings. The van der Waals surface area contributed by atoms with E-state index in [2.05, 4.69) is 6.07 Å². The van der Waals surface area contributed by atoms with Crippen molar-refractivity contribution in [3.8, 4) is 6.07 Å². The molecule has 3 aromatic rings. The molecule has 0 radical (unpaired) electrons. The van der Waals surface area contributed by atoms with Gasteiger partial charge in [-0.25, -0.2) is 8.42 Å². The Morgan fingerprint density at radius 3 is 2.26 bits per heavy atom. The fourth-order valence-corrected chi connectivity index (χ4v) is 6.11. The summed E-state index contributed by atoms with van der Waals surface area (Å²) in [6.07, 6.45) is 0. The van der Waals surface area contributed by atoms with E-state index in [1.165, 1.54) is 9.21 Å². The topological polar surface area (TPSA) is 81.2 Å². The van der Waals surface area contributed by atoms with Crippen LogP contribution in [0.15, 0.2) is 83.8 Å². The number of anilines is 1. The van der Waals surface area contributed by atoms with E-state index in [0.29, 0.717) is 11.3 Å². The molecule has 1 saturated heterocycles. The number of fused-ring (bicyclic) bond motifs is 3. The van der Waals surface area contributed by atoms with Gasteiger partial charge in [0.15, 0.2) is 0 Å². The molecule has 31 heavy (non-hydrogen) atoms. The predicted octanol–water partition coefficient (Wildman–Crippen LogP) is 3.66. The molecule has 1 unspecified atom stereocenters. The Kier molecular flexibility index (Phi) is 4.43. The standard InChI is InChI=1S/C24H19N3O3S/c1-16-11-13-18(14-12-16)31(29,30)27-22-19-9-5-6-10-20(19)26(21(15-25)23(22)27)24(28)17-7-3-2-4-8-17/h2-14,21-23H,1H3/t21-,22+,23-,27?/m0/s1. The number of para-hydroxylation sites is 1. The molecule has 5 rings (SSSR count). The lowest BCUT2D eigenvalue weighted by molar-refractivity contribution is 0.0979. The highest BCUT2D eigenvalue weighted by Gasteiger charge is 2.65. The van der Waals surface area contributed by atoms with Crippen molar-refractivity contribution in [2.24, 2.45) is 0 Å². The highest BCUT2D eigenvalue weighted by atomic mass is 32.2. The molecule has 0 spiro atoms. The summed E-state index contributed by atoms with van der Waals surface area (Å²) in [6, 6.07) is 22.8. The number of rotatable bonds is 3. The number of nitrogens with zero attached hydrogens (tertiary/aromatic N) is 3. The van der Waals surface area contributed by atoms with Gasteiger partial charge in [-0.3, -0.25) is 9.69 Å². The van der Waals surface area contributed by atoms with Crippen molar-refractivity contribution in [3.63, 3.8) is 0 Å². The number of nitriles is 1. The number of benzene rings is 3. The van der Waals surface area contributed by atoms with Crippen LogP contribution in [0.3, 0.4) is 0 Å². The molecule has 2 aliphatic rings. The summed E-state index contributed by atoms with van der Waals surface area (Å²) in [7, 11) is -3.82. The normalized spacial score (nSPS) is 23.9. The van der Waals surface area contributed by atoms with Crippen molar-refractivity contribution in [2.45, 2.75) is 29.9 Å². The summed E-state index contributed by atoms with van der Waals surface area (Å²) in [5.41, 5.74) is 2.72. The third-order valence-electron chi connectivity index (χ3n) is 5.89. The van der Waals surface area contributed by atoms with E-state index < -0.39 is 28.1 Å². The van der Waals surface area contributed by atoms with Crippen LogP contribution in [0.1, 0.15) is 27.5 Å². The Morgan fingerprint density at radius 1 is 0.935 bits per heavy atom. The number of hydrogen-bond acceptors (Lipinski definition) is 4. The van der Waals surface area contributed by atoms with E-state index in [0.717, 1.165) is 11.1 Å². The van der Waals surface area contributed by atoms with Gasteiger partial charge < -0.3 is 0 Å². The second-order valence-corrected chi connectivity index (χ2v) is 9.60. The van der Waals surface area contributed by atoms with Gasteiger partial charge in [-0.15, -0.1) is 0 Å². The van der Waals surface area contributed by atoms with Crippen LogP contribution in [-0.2, 0) is 10.0 Å². The fraction of sp³-hybridized carbons (Fsp3) is 0.167. The van der Waals surface area contributed by atoms with Gasteiger partial charge in [0.1, 0.15) is 6.04 Å². The molecular formula is C24H19N3O3S. The molecule has 0 aromatic heterocycles. The summed E-state index contributed by atoms with van der Waals surface area (Å²) in [5.74, 6) is -0.322. The molecule has 6 nitrogen and oxygen atoms in total. The first-order valence-corrected chi connectivity index (χ1v) is 11.4. The van der Waals surface area contributed by atoms with Crippen molar-refractivity contribution in [1.29, 1.82) is 5.26 Å². The highest BCUT2D eigenvalue weighted by Crippen LogP contribution is 2.56. The number of hydrogen-bond donors (Lipinski definition) is 0. The second kappa shape index (κ2) is 7.05. The van der Waals surface area contributed by atoms with Gasteiger partial charge in [-0.1, -0.05) is 54.1 Å². The quantitative estimate of drug-likeness (QED) is 0.595. The van der Waals surface area contributed by atoms with Crippen LogP contribution in [0.2, 0.25) is 0 Å². The summed E-state index contributed by atoms with van der Waals surface area (Å²) >= 11 is 0. The average molecular weight is 430 g/mol. The summed E-state index contributed by atoms with van der Waals surface area (Å²) in [6.45, 7) is 1.89. The molecule has 0 N–H and O–H groups in total. The number of carbonyl (C=O) groups is 1. The Balaban J connectivity index is 1.61. The minimum Gasteiger partial charge on any atom is -0.290 e. The molecule has 0 aliphatic carbocycles. The monoisotopic (exact) mass is 429 g/mol. The van der Waals surface area contributed by atoms with E-state index in [4.69, 9.17) is 0 Å². The van der Waals surface area contributed by atoms with Crippen LogP contribution in [-0.4, -0.2) is 30.7 Å². The largest absolute Gasteiger partial charge is 0.290 e. The van der Waals surface area contributed by atoms with E-state index >= 15 is 0 Å². The van der Waals surface area contributed by atoms with Gasteiger partial charge in [0.05, 0.1) is 28.7 Å². The lowest BCUT2D eigenvalue weighted by Crippen LogP contribution is -2.46. The van der Waals surface area contributed by atoms with E-state index in [-0.39, 0.29) is 10.8 Å². The van der Waals surface area contributed by atoms with Crippen molar-refractivity contribution < 1.29 is 13.2 Å². The molecule has 1 amide bonds. The Morgan fingerprint density at radius 2 is 1.58 bits per heavy atom. The summed E-state index contributed by atoms with van der Waals surface area (Å²) in [5, 5.41) is 10.0. The maximum absolute atomic E-state index is 13.4. The maximum atomic E-state index is 13.4. The van der Waals surface area contributed by atoms with Crippen LogP contribution >= 0.6 is 0 Å². The van der Waals surface area contributed by atoms with Crippen LogP contribution in [0, 0.1) is 18.3 Å². The lowest BCUT2D eigenvalue weighted by Gasteiger charge is -2.32. The number of aryl methyl sites for hydroxylation is 1. The number of sulfonamides is 1. The zero-order valence-electron chi connectivity index (χ0n) is 16.7. The SMILES string of the molecule is Cc1ccc(S(=O)(=O)N2[C@@H]3[C@H]2c2ccccc2N(C(=O)c2ccccc2)[C@H]3C#N)cc1. The molecular weight excluding hydrogens is 410 g/mol. The molecule has 3 aromatic carbocycles. The first kappa shape index (κ1) is 19.5. The smallest absolute Gasteiger partial charge is 0.259 e. The first-order valence-electron chi connectivity index (χ1n) is 9.92. The van der Waals surface area contributed by atoms with Gasteiger partial charge >= 0.3 is 0 Å². The van der Waals surface area contributed by atoms with Gasteiger partial charge in [0.25, 0.3) is 5.91 Å². The van der Waals surface area contributed by atoms with Crippen LogP contribution in [0.4, 0.5) is 5.69 Å². The molecule has 2 aliphatic heterocycles. The third kappa shape index (κ3) is 2.95. The highest BCUT2D eigenvalue weighted by molar-refractivity contribution is 7.89. The number of carbonyl (C=O) groups excluding carboxylic acids is 1. The molecule has 2 heterocycles. The average Bonchev–Trinajstić information content (AvgIpc) is 3.55. The molecule has 0 bridgehead atoms. The molecule has 154 valence electrons. The van der Waals surface area contributed by atoms with Crippen molar-refractivity contribution in [2.75, 3.05) is 4.90 Å². The van der Waals surface area contributed by atoms with E-state index in [1.54, 1.807) is 60.7 Å². The lowest BCUT2D eigenvalue weighted by atomic mass is 9.95. The van der Waals surface area contributed by atoms with Gasteiger partial charge in [-0.2, -0.15) is 9.57 Å². The van der Waals surface area contributed by atoms with Crippen LogP contribution < -0.4 is 4.90 Å².